The van der Waals surface area contributed by atoms with Gasteiger partial charge in [0.2, 0.25) is 11.8 Å². The molecule has 2 heterocycles. The van der Waals surface area contributed by atoms with E-state index in [0.29, 0.717) is 11.3 Å². The lowest BCUT2D eigenvalue weighted by atomic mass is 10.0. The van der Waals surface area contributed by atoms with Crippen LogP contribution >= 0.6 is 0 Å². The van der Waals surface area contributed by atoms with E-state index in [1.54, 1.807) is 13.8 Å². The Kier molecular flexibility index (Phi) is 6.19. The second-order valence-electron chi connectivity index (χ2n) is 6.78. The van der Waals surface area contributed by atoms with Gasteiger partial charge in [0.05, 0.1) is 12.6 Å². The topological polar surface area (TPSA) is 96.3 Å². The number of nitrogens with zero attached hydrogens (tertiary/aromatic N) is 4. The van der Waals surface area contributed by atoms with Crippen molar-refractivity contribution >= 4 is 11.8 Å². The predicted molar refractivity (Wildman–Crippen MR) is 93.8 cm³/mol. The van der Waals surface area contributed by atoms with Crippen LogP contribution in [0.1, 0.15) is 30.7 Å². The van der Waals surface area contributed by atoms with Gasteiger partial charge in [-0.3, -0.25) is 19.9 Å². The van der Waals surface area contributed by atoms with Crippen LogP contribution in [0, 0.1) is 42.4 Å². The highest BCUT2D eigenvalue weighted by Crippen LogP contribution is 2.25. The van der Waals surface area contributed by atoms with Gasteiger partial charge in [-0.1, -0.05) is 13.8 Å². The highest BCUT2D eigenvalue weighted by atomic mass is 16.4. The van der Waals surface area contributed by atoms with Crippen LogP contribution in [-0.2, 0) is 4.79 Å². The van der Waals surface area contributed by atoms with E-state index in [1.807, 2.05) is 13.8 Å². The number of hydrogen-bond acceptors (Lipinski definition) is 6. The summed E-state index contributed by atoms with van der Waals surface area (Å²) in [7, 11) is 0. The molecule has 1 N–H and O–H groups in total. The number of anilines is 1. The molecule has 1 aromatic rings. The molecule has 1 aliphatic heterocycles. The van der Waals surface area contributed by atoms with Gasteiger partial charge in [0.15, 0.2) is 0 Å². The third-order valence-corrected chi connectivity index (χ3v) is 4.68. The van der Waals surface area contributed by atoms with Crippen molar-refractivity contribution in [1.29, 1.82) is 10.5 Å². The number of furan rings is 1. The minimum atomic E-state index is -0.195. The van der Waals surface area contributed by atoms with E-state index in [0.717, 1.165) is 31.7 Å². The Morgan fingerprint density at radius 2 is 1.88 bits per heavy atom. The molecule has 0 bridgehead atoms. The molecule has 1 saturated heterocycles. The van der Waals surface area contributed by atoms with Crippen LogP contribution < -0.4 is 5.32 Å². The van der Waals surface area contributed by atoms with Crippen molar-refractivity contribution in [3.05, 3.63) is 16.9 Å². The molecule has 1 unspecified atom stereocenters. The summed E-state index contributed by atoms with van der Waals surface area (Å²) in [6, 6.07) is 4.35. The number of nitrogens with one attached hydrogen (secondary N) is 1. The molecule has 7 nitrogen and oxygen atoms in total. The summed E-state index contributed by atoms with van der Waals surface area (Å²) in [4.78, 5) is 16.5. The summed E-state index contributed by atoms with van der Waals surface area (Å²) in [5, 5.41) is 21.2. The molecule has 0 saturated carbocycles. The van der Waals surface area contributed by atoms with Crippen LogP contribution in [0.4, 0.5) is 5.88 Å². The van der Waals surface area contributed by atoms with E-state index in [2.05, 4.69) is 27.3 Å². The number of nitriles is 2. The molecule has 1 fully saturated rings. The fraction of sp³-hybridized carbons (Fsp3) is 0.611. The zero-order valence-corrected chi connectivity index (χ0v) is 15.3. The number of hydrogen-bond donors (Lipinski definition) is 1. The fourth-order valence-electron chi connectivity index (χ4n) is 3.07. The summed E-state index contributed by atoms with van der Waals surface area (Å²) in [5.41, 5.74) is 1.13. The predicted octanol–water partition coefficient (Wildman–Crippen LogP) is 1.87. The van der Waals surface area contributed by atoms with Crippen LogP contribution in [0.2, 0.25) is 0 Å². The van der Waals surface area contributed by atoms with Gasteiger partial charge >= 0.3 is 0 Å². The molecule has 1 aromatic heterocycles. The smallest absolute Gasteiger partial charge is 0.240 e. The molecule has 134 valence electrons. The number of aryl methyl sites for hydroxylation is 1. The summed E-state index contributed by atoms with van der Waals surface area (Å²) in [6.45, 7) is 10.9. The molecule has 25 heavy (non-hydrogen) atoms. The first-order chi connectivity index (χ1) is 11.9. The average Bonchev–Trinajstić information content (AvgIpc) is 2.82. The minimum Gasteiger partial charge on any atom is -0.444 e. The first kappa shape index (κ1) is 19.0. The summed E-state index contributed by atoms with van der Waals surface area (Å²) in [5.74, 6) is 0.955. The van der Waals surface area contributed by atoms with Crippen molar-refractivity contribution in [2.75, 3.05) is 38.0 Å². The molecule has 0 aliphatic carbocycles. The van der Waals surface area contributed by atoms with Gasteiger partial charge in [-0.05, 0) is 19.8 Å². The fourth-order valence-corrected chi connectivity index (χ4v) is 3.07. The average molecular weight is 343 g/mol. The molecule has 0 aromatic carbocycles. The molecule has 0 radical (unpaired) electrons. The number of piperazine rings is 1. The second-order valence-corrected chi connectivity index (χ2v) is 6.78. The number of carbonyl (C=O) groups is 1. The van der Waals surface area contributed by atoms with E-state index in [-0.39, 0.29) is 30.3 Å². The maximum atomic E-state index is 12.3. The number of amides is 1. The highest BCUT2D eigenvalue weighted by molar-refractivity contribution is 5.92. The number of rotatable bonds is 5. The Balaban J connectivity index is 1.88. The van der Waals surface area contributed by atoms with Crippen molar-refractivity contribution in [3.8, 4) is 12.1 Å². The third-order valence-electron chi connectivity index (χ3n) is 4.68. The normalized spacial score (nSPS) is 17.1. The maximum Gasteiger partial charge on any atom is 0.240 e. The second kappa shape index (κ2) is 8.15. The zero-order chi connectivity index (χ0) is 18.6. The van der Waals surface area contributed by atoms with E-state index < -0.39 is 0 Å². The van der Waals surface area contributed by atoms with Crippen LogP contribution in [0.5, 0.6) is 0 Å². The Morgan fingerprint density at radius 1 is 1.24 bits per heavy atom. The van der Waals surface area contributed by atoms with Gasteiger partial charge in [0, 0.05) is 31.7 Å². The largest absolute Gasteiger partial charge is 0.444 e. The van der Waals surface area contributed by atoms with Crippen LogP contribution in [0.15, 0.2) is 4.42 Å². The lowest BCUT2D eigenvalue weighted by Crippen LogP contribution is -2.52. The van der Waals surface area contributed by atoms with Crippen molar-refractivity contribution in [1.82, 2.24) is 9.80 Å². The van der Waals surface area contributed by atoms with E-state index in [1.165, 1.54) is 0 Å². The highest BCUT2D eigenvalue weighted by Gasteiger charge is 2.27. The van der Waals surface area contributed by atoms with Crippen molar-refractivity contribution in [2.45, 2.75) is 33.7 Å². The minimum absolute atomic E-state index is 0.0803. The van der Waals surface area contributed by atoms with E-state index in [4.69, 9.17) is 4.42 Å². The summed E-state index contributed by atoms with van der Waals surface area (Å²) < 4.78 is 5.47. The zero-order valence-electron chi connectivity index (χ0n) is 15.3. The molecule has 2 rings (SSSR count). The summed E-state index contributed by atoms with van der Waals surface area (Å²) in [6.07, 6.45) is 0. The maximum absolute atomic E-state index is 12.3. The first-order valence-electron chi connectivity index (χ1n) is 8.53. The lowest BCUT2D eigenvalue weighted by Gasteiger charge is -2.37. The molecule has 0 spiro atoms. The first-order valence-corrected chi connectivity index (χ1v) is 8.53. The van der Waals surface area contributed by atoms with Gasteiger partial charge in [-0.15, -0.1) is 0 Å². The molecule has 1 atom stereocenters. The molecule has 1 aliphatic rings. The van der Waals surface area contributed by atoms with E-state index >= 15 is 0 Å². The van der Waals surface area contributed by atoms with Crippen LogP contribution in [0.3, 0.4) is 0 Å². The van der Waals surface area contributed by atoms with Gasteiger partial charge in [-0.25, -0.2) is 0 Å². The monoisotopic (exact) mass is 343 g/mol. The molecular weight excluding hydrogens is 318 g/mol. The van der Waals surface area contributed by atoms with Gasteiger partial charge < -0.3 is 4.42 Å². The molecular formula is C18H25N5O2. The van der Waals surface area contributed by atoms with Crippen molar-refractivity contribution in [2.24, 2.45) is 5.92 Å². The summed E-state index contributed by atoms with van der Waals surface area (Å²) >= 11 is 0. The van der Waals surface area contributed by atoms with Crippen molar-refractivity contribution < 1.29 is 9.21 Å². The standard InChI is InChI=1S/C18H25N5O2/c1-12(2)16(10-20)23-7-5-22(6-8-23)11-17(24)21-18-15(9-19)13(3)14(4)25-18/h12,16H,5-8,11H2,1-4H3,(H,21,24). The SMILES string of the molecule is Cc1oc(NC(=O)CN2CCN(C(C#N)C(C)C)CC2)c(C#N)c1C. The molecule has 7 heteroatoms. The van der Waals surface area contributed by atoms with Crippen LogP contribution in [-0.4, -0.2) is 54.5 Å². The Morgan fingerprint density at radius 3 is 2.40 bits per heavy atom. The van der Waals surface area contributed by atoms with Crippen LogP contribution in [0.25, 0.3) is 0 Å². The number of carbonyl (C=O) groups excluding carboxylic acids is 1. The van der Waals surface area contributed by atoms with Gasteiger partial charge in [0.1, 0.15) is 23.4 Å². The Hall–Kier alpha value is -2.35. The Labute approximate surface area is 148 Å². The Bertz CT molecular complexity index is 702. The van der Waals surface area contributed by atoms with E-state index in [9.17, 15) is 15.3 Å². The lowest BCUT2D eigenvalue weighted by molar-refractivity contribution is -0.117. The third kappa shape index (κ3) is 4.39. The van der Waals surface area contributed by atoms with Gasteiger partial charge in [-0.2, -0.15) is 10.5 Å². The quantitative estimate of drug-likeness (QED) is 0.877. The van der Waals surface area contributed by atoms with Crippen molar-refractivity contribution in [3.63, 3.8) is 0 Å². The molecule has 1 amide bonds. The van der Waals surface area contributed by atoms with Gasteiger partial charge in [0.25, 0.3) is 0 Å².